The highest BCUT2D eigenvalue weighted by atomic mass is 79.9. The molecule has 0 aliphatic heterocycles. The zero-order valence-electron chi connectivity index (χ0n) is 15.0. The fourth-order valence-electron chi connectivity index (χ4n) is 2.93. The van der Waals surface area contributed by atoms with Gasteiger partial charge in [-0.1, -0.05) is 51.8 Å². The molecule has 0 heterocycles. The Morgan fingerprint density at radius 2 is 1.75 bits per heavy atom. The van der Waals surface area contributed by atoms with Crippen LogP contribution in [0, 0.1) is 20.8 Å². The number of halogens is 1. The minimum absolute atomic E-state index is 0.0506. The predicted molar refractivity (Wildman–Crippen MR) is 103 cm³/mol. The number of quaternary nitrogens is 1. The molecule has 0 spiro atoms. The van der Waals surface area contributed by atoms with Crippen LogP contribution >= 0.6 is 15.9 Å². The molecule has 0 bridgehead atoms. The predicted octanol–water partition coefficient (Wildman–Crippen LogP) is 3.42. The maximum absolute atomic E-state index is 12.7. The van der Waals surface area contributed by atoms with Crippen LogP contribution in [-0.2, 0) is 11.3 Å². The Hall–Kier alpha value is -1.65. The average molecular weight is 390 g/mol. The van der Waals surface area contributed by atoms with Crippen LogP contribution in [0.25, 0.3) is 0 Å². The summed E-state index contributed by atoms with van der Waals surface area (Å²) in [6, 6.07) is 12.2. The van der Waals surface area contributed by atoms with Crippen molar-refractivity contribution in [1.29, 1.82) is 0 Å². The second kappa shape index (κ2) is 7.95. The van der Waals surface area contributed by atoms with Crippen molar-refractivity contribution in [3.05, 3.63) is 63.1 Å². The number of rotatable bonds is 5. The lowest BCUT2D eigenvalue weighted by molar-refractivity contribution is -0.907. The summed E-state index contributed by atoms with van der Waals surface area (Å²) in [5.41, 5.74) is 5.57. The number of nitrogens with one attached hydrogen (secondary N) is 2. The van der Waals surface area contributed by atoms with Gasteiger partial charge in [-0.05, 0) is 44.9 Å². The smallest absolute Gasteiger partial charge is 0.282 e. The van der Waals surface area contributed by atoms with E-state index in [0.29, 0.717) is 0 Å². The molecule has 2 aromatic rings. The van der Waals surface area contributed by atoms with Gasteiger partial charge >= 0.3 is 0 Å². The lowest BCUT2D eigenvalue weighted by atomic mass is 10.0. The Labute approximate surface area is 153 Å². The monoisotopic (exact) mass is 389 g/mol. The zero-order chi connectivity index (χ0) is 17.9. The Kier molecular flexibility index (Phi) is 6.19. The van der Waals surface area contributed by atoms with E-state index < -0.39 is 0 Å². The van der Waals surface area contributed by atoms with Crippen molar-refractivity contribution >= 4 is 27.5 Å². The van der Waals surface area contributed by atoms with E-state index in [1.54, 1.807) is 0 Å². The van der Waals surface area contributed by atoms with E-state index in [-0.39, 0.29) is 11.9 Å². The van der Waals surface area contributed by atoms with Crippen molar-refractivity contribution in [1.82, 2.24) is 0 Å². The highest BCUT2D eigenvalue weighted by Crippen LogP contribution is 2.22. The van der Waals surface area contributed by atoms with Gasteiger partial charge in [-0.3, -0.25) is 4.79 Å². The molecule has 0 aliphatic carbocycles. The first-order valence-electron chi connectivity index (χ1n) is 8.24. The first kappa shape index (κ1) is 18.7. The normalized spacial score (nSPS) is 13.4. The van der Waals surface area contributed by atoms with Crippen LogP contribution in [-0.4, -0.2) is 19.0 Å². The van der Waals surface area contributed by atoms with Crippen LogP contribution < -0.4 is 10.2 Å². The third kappa shape index (κ3) is 4.46. The molecule has 2 rings (SSSR count). The van der Waals surface area contributed by atoms with Crippen LogP contribution in [0.1, 0.15) is 29.2 Å². The van der Waals surface area contributed by atoms with E-state index in [1.165, 1.54) is 11.1 Å². The molecule has 128 valence electrons. The van der Waals surface area contributed by atoms with Crippen LogP contribution in [0.4, 0.5) is 5.69 Å². The summed E-state index contributed by atoms with van der Waals surface area (Å²) >= 11 is 3.58. The van der Waals surface area contributed by atoms with Crippen molar-refractivity contribution in [2.24, 2.45) is 0 Å². The summed E-state index contributed by atoms with van der Waals surface area (Å²) in [5.74, 6) is 0.0506. The average Bonchev–Trinajstić information content (AvgIpc) is 2.52. The lowest BCUT2D eigenvalue weighted by Gasteiger charge is -2.22. The molecule has 24 heavy (non-hydrogen) atoms. The third-order valence-electron chi connectivity index (χ3n) is 4.48. The molecule has 2 N–H and O–H groups in total. The largest absolute Gasteiger partial charge is 0.324 e. The molecule has 1 amide bonds. The molecule has 2 atom stereocenters. The van der Waals surface area contributed by atoms with Crippen LogP contribution in [0.3, 0.4) is 0 Å². The molecule has 0 fully saturated rings. The zero-order valence-corrected chi connectivity index (χ0v) is 16.6. The van der Waals surface area contributed by atoms with Gasteiger partial charge < -0.3 is 10.2 Å². The van der Waals surface area contributed by atoms with Gasteiger partial charge in [0.1, 0.15) is 6.54 Å². The summed E-state index contributed by atoms with van der Waals surface area (Å²) in [4.78, 5) is 13.8. The molecule has 0 radical (unpaired) electrons. The number of aryl methyl sites for hydroxylation is 3. The molecule has 4 heteroatoms. The van der Waals surface area contributed by atoms with Crippen LogP contribution in [0.5, 0.6) is 0 Å². The minimum atomic E-state index is -0.141. The molecule has 0 aromatic heterocycles. The molecule has 0 saturated heterocycles. The van der Waals surface area contributed by atoms with Crippen molar-refractivity contribution in [3.8, 4) is 0 Å². The second-order valence-electron chi connectivity index (χ2n) is 6.60. The fraction of sp³-hybridized carbons (Fsp3) is 0.350. The number of hydrogen-bond donors (Lipinski definition) is 2. The highest BCUT2D eigenvalue weighted by molar-refractivity contribution is 9.10. The highest BCUT2D eigenvalue weighted by Gasteiger charge is 2.23. The number of likely N-dealkylation sites (N-methyl/N-ethyl adjacent to an activating group) is 1. The Morgan fingerprint density at radius 1 is 1.17 bits per heavy atom. The summed E-state index contributed by atoms with van der Waals surface area (Å²) < 4.78 is 1.09. The van der Waals surface area contributed by atoms with Crippen molar-refractivity contribution in [2.75, 3.05) is 12.4 Å². The van der Waals surface area contributed by atoms with Gasteiger partial charge in [-0.2, -0.15) is 0 Å². The lowest BCUT2D eigenvalue weighted by Crippen LogP contribution is -3.12. The van der Waals surface area contributed by atoms with Crippen LogP contribution in [0.15, 0.2) is 40.9 Å². The Bertz CT molecular complexity index is 719. The Balaban J connectivity index is 2.08. The van der Waals surface area contributed by atoms with Gasteiger partial charge in [0.05, 0.1) is 7.05 Å². The van der Waals surface area contributed by atoms with Crippen molar-refractivity contribution in [3.63, 3.8) is 0 Å². The molecular formula is C20H26BrN2O+. The number of amides is 1. The SMILES string of the molecule is Cc1cc(C)c(NC(=O)[C@@H](C)[NH+](C)Cc2ccccc2Br)c(C)c1. The summed E-state index contributed by atoms with van der Waals surface area (Å²) in [7, 11) is 2.05. The first-order valence-corrected chi connectivity index (χ1v) is 9.03. The maximum atomic E-state index is 12.7. The molecule has 3 nitrogen and oxygen atoms in total. The van der Waals surface area contributed by atoms with Gasteiger partial charge in [0.25, 0.3) is 5.91 Å². The van der Waals surface area contributed by atoms with E-state index in [2.05, 4.69) is 53.4 Å². The maximum Gasteiger partial charge on any atom is 0.282 e. The van der Waals surface area contributed by atoms with E-state index in [0.717, 1.165) is 32.7 Å². The van der Waals surface area contributed by atoms with Gasteiger partial charge in [0, 0.05) is 15.7 Å². The van der Waals surface area contributed by atoms with Gasteiger partial charge in [0.15, 0.2) is 6.04 Å². The van der Waals surface area contributed by atoms with Gasteiger partial charge in [-0.15, -0.1) is 0 Å². The number of hydrogen-bond acceptors (Lipinski definition) is 1. The standard InChI is InChI=1S/C20H25BrN2O/c1-13-10-14(2)19(15(3)11-13)22-20(24)16(4)23(5)12-17-8-6-7-9-18(17)21/h6-11,16H,12H2,1-5H3,(H,22,24)/p+1/t16-/m1/s1. The molecule has 0 saturated carbocycles. The topological polar surface area (TPSA) is 33.5 Å². The summed E-state index contributed by atoms with van der Waals surface area (Å²) in [5, 5.41) is 3.12. The summed E-state index contributed by atoms with van der Waals surface area (Å²) in [6.07, 6.45) is 0. The number of benzene rings is 2. The first-order chi connectivity index (χ1) is 11.3. The Morgan fingerprint density at radius 3 is 2.33 bits per heavy atom. The quantitative estimate of drug-likeness (QED) is 0.806. The van der Waals surface area contributed by atoms with Gasteiger partial charge in [0.2, 0.25) is 0 Å². The number of anilines is 1. The van der Waals surface area contributed by atoms with Crippen molar-refractivity contribution < 1.29 is 9.69 Å². The van der Waals surface area contributed by atoms with E-state index in [1.807, 2.05) is 39.0 Å². The molecule has 1 unspecified atom stereocenters. The van der Waals surface area contributed by atoms with E-state index >= 15 is 0 Å². The van der Waals surface area contributed by atoms with Gasteiger partial charge in [-0.25, -0.2) is 0 Å². The fourth-order valence-corrected chi connectivity index (χ4v) is 3.35. The third-order valence-corrected chi connectivity index (χ3v) is 5.26. The summed E-state index contributed by atoms with van der Waals surface area (Å²) in [6.45, 7) is 8.92. The molecular weight excluding hydrogens is 364 g/mol. The number of carbonyl (C=O) groups excluding carboxylic acids is 1. The number of carbonyl (C=O) groups is 1. The minimum Gasteiger partial charge on any atom is -0.324 e. The van der Waals surface area contributed by atoms with E-state index in [4.69, 9.17) is 0 Å². The molecule has 0 aliphatic rings. The molecule has 2 aromatic carbocycles. The van der Waals surface area contributed by atoms with Crippen LogP contribution in [0.2, 0.25) is 0 Å². The second-order valence-corrected chi connectivity index (χ2v) is 7.45. The van der Waals surface area contributed by atoms with E-state index in [9.17, 15) is 4.79 Å². The van der Waals surface area contributed by atoms with Crippen molar-refractivity contribution in [2.45, 2.75) is 40.3 Å².